The van der Waals surface area contributed by atoms with Gasteiger partial charge in [-0.05, 0) is 43.4 Å². The van der Waals surface area contributed by atoms with Crippen LogP contribution in [-0.4, -0.2) is 48.4 Å². The molecule has 0 aliphatic carbocycles. The normalized spacial score (nSPS) is 28.0. The number of likely N-dealkylation sites (tertiary alicyclic amines) is 1. The standard InChI is InChI=1S/C20H27N3O2.ClH/c1-2-14-3-7-18(8-4-14)23-12-15(11-19(23)24)20(25)22-10-9-16-5-6-17(13-22)21-16;/h3-4,7-8,15-17,21H,2,5-6,9-13H2,1H3;1H. The minimum atomic E-state index is -0.199. The van der Waals surface area contributed by atoms with Crippen LogP contribution in [0.1, 0.15) is 38.2 Å². The van der Waals surface area contributed by atoms with Gasteiger partial charge in [0.1, 0.15) is 0 Å². The number of nitrogens with zero attached hydrogens (tertiary/aromatic N) is 2. The van der Waals surface area contributed by atoms with E-state index in [1.165, 1.54) is 12.0 Å². The Morgan fingerprint density at radius 1 is 1.12 bits per heavy atom. The molecule has 1 N–H and O–H groups in total. The van der Waals surface area contributed by atoms with Crippen molar-refractivity contribution in [2.45, 2.75) is 51.1 Å². The summed E-state index contributed by atoms with van der Waals surface area (Å²) in [5.41, 5.74) is 2.17. The van der Waals surface area contributed by atoms with Crippen molar-refractivity contribution in [3.63, 3.8) is 0 Å². The van der Waals surface area contributed by atoms with Crippen LogP contribution in [0, 0.1) is 5.92 Å². The minimum absolute atomic E-state index is 0. The lowest BCUT2D eigenvalue weighted by molar-refractivity contribution is -0.136. The van der Waals surface area contributed by atoms with Gasteiger partial charge in [-0.3, -0.25) is 9.59 Å². The molecule has 3 heterocycles. The van der Waals surface area contributed by atoms with E-state index in [1.807, 2.05) is 17.0 Å². The Balaban J connectivity index is 0.00000196. The Labute approximate surface area is 161 Å². The second-order valence-corrected chi connectivity index (χ2v) is 7.64. The molecule has 1 aromatic rings. The number of hydrogen-bond acceptors (Lipinski definition) is 3. The van der Waals surface area contributed by atoms with Crippen molar-refractivity contribution in [2.75, 3.05) is 24.5 Å². The average Bonchev–Trinajstić information content (AvgIpc) is 3.17. The predicted octanol–water partition coefficient (Wildman–Crippen LogP) is 2.38. The third-order valence-corrected chi connectivity index (χ3v) is 5.97. The fraction of sp³-hybridized carbons (Fsp3) is 0.600. The first-order chi connectivity index (χ1) is 12.1. The predicted molar refractivity (Wildman–Crippen MR) is 105 cm³/mol. The van der Waals surface area contributed by atoms with Gasteiger partial charge in [0, 0.05) is 43.8 Å². The third-order valence-electron chi connectivity index (χ3n) is 5.97. The molecule has 1 aromatic carbocycles. The highest BCUT2D eigenvalue weighted by atomic mass is 35.5. The van der Waals surface area contributed by atoms with Crippen LogP contribution in [0.15, 0.2) is 24.3 Å². The molecule has 142 valence electrons. The number of halogens is 1. The van der Waals surface area contributed by atoms with Crippen LogP contribution < -0.4 is 10.2 Å². The molecule has 0 saturated carbocycles. The largest absolute Gasteiger partial charge is 0.341 e. The highest BCUT2D eigenvalue weighted by Gasteiger charge is 2.39. The zero-order valence-corrected chi connectivity index (χ0v) is 16.1. The average molecular weight is 378 g/mol. The molecule has 3 unspecified atom stereocenters. The maximum atomic E-state index is 13.0. The van der Waals surface area contributed by atoms with Crippen molar-refractivity contribution in [3.8, 4) is 0 Å². The summed E-state index contributed by atoms with van der Waals surface area (Å²) in [4.78, 5) is 29.2. The van der Waals surface area contributed by atoms with Crippen molar-refractivity contribution in [1.29, 1.82) is 0 Å². The minimum Gasteiger partial charge on any atom is -0.341 e. The van der Waals surface area contributed by atoms with Crippen LogP contribution in [0.4, 0.5) is 5.69 Å². The Morgan fingerprint density at radius 3 is 2.58 bits per heavy atom. The molecular weight excluding hydrogens is 350 g/mol. The number of aryl methyl sites for hydroxylation is 1. The lowest BCUT2D eigenvalue weighted by Gasteiger charge is -2.27. The molecule has 3 saturated heterocycles. The van der Waals surface area contributed by atoms with Gasteiger partial charge in [0.05, 0.1) is 5.92 Å². The Kier molecular flexibility index (Phi) is 5.88. The summed E-state index contributed by atoms with van der Waals surface area (Å²) in [5.74, 6) is 0.0300. The quantitative estimate of drug-likeness (QED) is 0.879. The lowest BCUT2D eigenvalue weighted by Crippen LogP contribution is -2.42. The van der Waals surface area contributed by atoms with Crippen molar-refractivity contribution in [2.24, 2.45) is 5.92 Å². The number of carbonyl (C=O) groups is 2. The first-order valence-electron chi connectivity index (χ1n) is 9.58. The van der Waals surface area contributed by atoms with Gasteiger partial charge in [-0.15, -0.1) is 12.4 Å². The van der Waals surface area contributed by atoms with Crippen LogP contribution in [0.25, 0.3) is 0 Å². The zero-order chi connectivity index (χ0) is 17.4. The summed E-state index contributed by atoms with van der Waals surface area (Å²) in [5, 5.41) is 3.61. The van der Waals surface area contributed by atoms with E-state index in [1.54, 1.807) is 4.90 Å². The molecule has 6 heteroatoms. The molecule has 26 heavy (non-hydrogen) atoms. The van der Waals surface area contributed by atoms with Gasteiger partial charge in [0.25, 0.3) is 0 Å². The highest BCUT2D eigenvalue weighted by molar-refractivity contribution is 6.00. The Morgan fingerprint density at radius 2 is 1.85 bits per heavy atom. The maximum Gasteiger partial charge on any atom is 0.228 e. The third kappa shape index (κ3) is 3.74. The fourth-order valence-corrected chi connectivity index (χ4v) is 4.44. The first kappa shape index (κ1) is 19.2. The Bertz CT molecular complexity index is 664. The summed E-state index contributed by atoms with van der Waals surface area (Å²) >= 11 is 0. The number of hydrogen-bond donors (Lipinski definition) is 1. The molecule has 3 aliphatic heterocycles. The molecule has 0 radical (unpaired) electrons. The van der Waals surface area contributed by atoms with E-state index in [-0.39, 0.29) is 30.1 Å². The molecule has 3 aliphatic rings. The first-order valence-corrected chi connectivity index (χ1v) is 9.58. The molecule has 3 fully saturated rings. The van der Waals surface area contributed by atoms with Crippen LogP contribution in [0.3, 0.4) is 0 Å². The van der Waals surface area contributed by atoms with Gasteiger partial charge in [-0.2, -0.15) is 0 Å². The lowest BCUT2D eigenvalue weighted by atomic mass is 10.0. The number of fused-ring (bicyclic) bond motifs is 2. The van der Waals surface area contributed by atoms with E-state index in [2.05, 4.69) is 24.4 Å². The summed E-state index contributed by atoms with van der Waals surface area (Å²) in [7, 11) is 0. The topological polar surface area (TPSA) is 52.7 Å². The van der Waals surface area contributed by atoms with Crippen molar-refractivity contribution in [3.05, 3.63) is 29.8 Å². The zero-order valence-electron chi connectivity index (χ0n) is 15.3. The number of anilines is 1. The van der Waals surface area contributed by atoms with Crippen LogP contribution in [0.2, 0.25) is 0 Å². The highest BCUT2D eigenvalue weighted by Crippen LogP contribution is 2.28. The van der Waals surface area contributed by atoms with Crippen molar-refractivity contribution >= 4 is 29.9 Å². The smallest absolute Gasteiger partial charge is 0.228 e. The van der Waals surface area contributed by atoms with Crippen LogP contribution in [-0.2, 0) is 16.0 Å². The van der Waals surface area contributed by atoms with Crippen molar-refractivity contribution in [1.82, 2.24) is 10.2 Å². The fourth-order valence-electron chi connectivity index (χ4n) is 4.44. The van der Waals surface area contributed by atoms with E-state index in [0.717, 1.165) is 38.0 Å². The van der Waals surface area contributed by atoms with Crippen LogP contribution >= 0.6 is 12.4 Å². The second-order valence-electron chi connectivity index (χ2n) is 7.64. The molecule has 2 amide bonds. The summed E-state index contributed by atoms with van der Waals surface area (Å²) in [6.07, 6.45) is 4.75. The van der Waals surface area contributed by atoms with Crippen molar-refractivity contribution < 1.29 is 9.59 Å². The van der Waals surface area contributed by atoms with Gasteiger partial charge in [0.2, 0.25) is 11.8 Å². The van der Waals surface area contributed by atoms with E-state index in [0.29, 0.717) is 25.0 Å². The number of amides is 2. The van der Waals surface area contributed by atoms with Gasteiger partial charge in [-0.1, -0.05) is 19.1 Å². The summed E-state index contributed by atoms with van der Waals surface area (Å²) in [6.45, 7) is 4.25. The van der Waals surface area contributed by atoms with E-state index >= 15 is 0 Å². The molecule has 0 spiro atoms. The van der Waals surface area contributed by atoms with Gasteiger partial charge >= 0.3 is 0 Å². The van der Waals surface area contributed by atoms with Gasteiger partial charge < -0.3 is 15.1 Å². The summed E-state index contributed by atoms with van der Waals surface area (Å²) in [6, 6.07) is 9.13. The number of rotatable bonds is 3. The molecule has 2 bridgehead atoms. The second kappa shape index (κ2) is 7.97. The molecule has 3 atom stereocenters. The molecule has 5 nitrogen and oxygen atoms in total. The Hall–Kier alpha value is -1.59. The van der Waals surface area contributed by atoms with E-state index in [4.69, 9.17) is 0 Å². The van der Waals surface area contributed by atoms with Gasteiger partial charge in [-0.25, -0.2) is 0 Å². The maximum absolute atomic E-state index is 13.0. The van der Waals surface area contributed by atoms with E-state index < -0.39 is 0 Å². The van der Waals surface area contributed by atoms with E-state index in [9.17, 15) is 9.59 Å². The molecular formula is C20H28ClN3O2. The molecule has 4 rings (SSSR count). The number of carbonyl (C=O) groups excluding carboxylic acids is 2. The van der Waals surface area contributed by atoms with Gasteiger partial charge in [0.15, 0.2) is 0 Å². The monoisotopic (exact) mass is 377 g/mol. The molecule has 0 aromatic heterocycles. The number of nitrogens with one attached hydrogen (secondary N) is 1. The van der Waals surface area contributed by atoms with Crippen LogP contribution in [0.5, 0.6) is 0 Å². The SMILES string of the molecule is CCc1ccc(N2CC(C(=O)N3CCC4CCC(C3)N4)CC2=O)cc1.Cl. The summed E-state index contributed by atoms with van der Waals surface area (Å²) < 4.78 is 0. The number of benzene rings is 1.